The van der Waals surface area contributed by atoms with Gasteiger partial charge in [0.15, 0.2) is 0 Å². The van der Waals surface area contributed by atoms with E-state index < -0.39 is 0 Å². The second kappa shape index (κ2) is 2.61. The summed E-state index contributed by atoms with van der Waals surface area (Å²) in [6, 6.07) is 0. The number of allylic oxidation sites excluding steroid dienone is 9. The Morgan fingerprint density at radius 2 is 1.57 bits per heavy atom. The van der Waals surface area contributed by atoms with Crippen LogP contribution >= 0.6 is 0 Å². The monoisotopic (exact) mass is 181 g/mol. The smallest absolute Gasteiger partial charge is 0.0490 e. The first-order valence-electron chi connectivity index (χ1n) is 4.82. The molecule has 0 bridgehead atoms. The van der Waals surface area contributed by atoms with Gasteiger partial charge in [-0.15, -0.1) is 0 Å². The summed E-state index contributed by atoms with van der Waals surface area (Å²) in [6.07, 6.45) is 17.1. The van der Waals surface area contributed by atoms with Crippen LogP contribution in [-0.4, -0.2) is 4.90 Å². The summed E-state index contributed by atoms with van der Waals surface area (Å²) < 4.78 is 0. The van der Waals surface area contributed by atoms with Gasteiger partial charge in [0, 0.05) is 17.1 Å². The lowest BCUT2D eigenvalue weighted by Gasteiger charge is -2.35. The molecule has 0 radical (unpaired) electrons. The zero-order valence-corrected chi connectivity index (χ0v) is 8.07. The molecule has 0 N–H and O–H groups in total. The third-order valence-corrected chi connectivity index (χ3v) is 2.72. The van der Waals surface area contributed by atoms with E-state index in [1.54, 1.807) is 0 Å². The largest absolute Gasteiger partial charge is 0.310 e. The van der Waals surface area contributed by atoms with E-state index >= 15 is 0 Å². The molecular formula is C13H11N. The van der Waals surface area contributed by atoms with Crippen molar-refractivity contribution in [3.8, 4) is 0 Å². The lowest BCUT2D eigenvalue weighted by atomic mass is 10.0. The summed E-state index contributed by atoms with van der Waals surface area (Å²) in [4.78, 5) is 2.29. The molecular weight excluding hydrogens is 170 g/mol. The van der Waals surface area contributed by atoms with Gasteiger partial charge in [0.05, 0.1) is 0 Å². The van der Waals surface area contributed by atoms with Crippen molar-refractivity contribution in [3.05, 3.63) is 71.3 Å². The fourth-order valence-corrected chi connectivity index (χ4v) is 2.00. The van der Waals surface area contributed by atoms with Crippen molar-refractivity contribution in [2.75, 3.05) is 0 Å². The molecule has 0 amide bonds. The van der Waals surface area contributed by atoms with Crippen LogP contribution in [-0.2, 0) is 0 Å². The molecule has 3 aliphatic heterocycles. The minimum atomic E-state index is 1.25. The number of rotatable bonds is 0. The zero-order valence-electron chi connectivity index (χ0n) is 8.07. The van der Waals surface area contributed by atoms with E-state index in [2.05, 4.69) is 60.4 Å². The van der Waals surface area contributed by atoms with E-state index in [-0.39, 0.29) is 0 Å². The Balaban J connectivity index is 2.24. The van der Waals surface area contributed by atoms with Gasteiger partial charge >= 0.3 is 0 Å². The summed E-state index contributed by atoms with van der Waals surface area (Å²) >= 11 is 0. The van der Waals surface area contributed by atoms with Crippen molar-refractivity contribution in [2.24, 2.45) is 0 Å². The standard InChI is InChI=1S/C13H11N/c1-10-8-9-12-5-2-4-11-6-3-7-13(10)14(11)12/h2-9H,1H3. The van der Waals surface area contributed by atoms with E-state index in [0.717, 1.165) is 0 Å². The molecule has 1 heteroatoms. The van der Waals surface area contributed by atoms with Crippen molar-refractivity contribution < 1.29 is 0 Å². The molecule has 0 saturated heterocycles. The Kier molecular flexibility index (Phi) is 1.42. The third-order valence-electron chi connectivity index (χ3n) is 2.72. The molecule has 14 heavy (non-hydrogen) atoms. The molecule has 0 aromatic heterocycles. The first kappa shape index (κ1) is 7.63. The minimum absolute atomic E-state index is 1.25. The van der Waals surface area contributed by atoms with Gasteiger partial charge in [-0.1, -0.05) is 18.2 Å². The maximum atomic E-state index is 2.29. The number of hydrogen-bond donors (Lipinski definition) is 0. The van der Waals surface area contributed by atoms with Crippen molar-refractivity contribution in [1.29, 1.82) is 0 Å². The topological polar surface area (TPSA) is 3.24 Å². The normalized spacial score (nSPS) is 22.2. The maximum absolute atomic E-state index is 2.29. The average molecular weight is 181 g/mol. The fourth-order valence-electron chi connectivity index (χ4n) is 2.00. The van der Waals surface area contributed by atoms with Crippen LogP contribution in [0, 0.1) is 0 Å². The van der Waals surface area contributed by atoms with Gasteiger partial charge in [-0.3, -0.25) is 0 Å². The van der Waals surface area contributed by atoms with Crippen LogP contribution in [0.2, 0.25) is 0 Å². The van der Waals surface area contributed by atoms with Crippen molar-refractivity contribution in [2.45, 2.75) is 6.92 Å². The molecule has 0 spiro atoms. The van der Waals surface area contributed by atoms with Gasteiger partial charge in [-0.05, 0) is 42.9 Å². The van der Waals surface area contributed by atoms with Crippen LogP contribution in [0.15, 0.2) is 71.3 Å². The van der Waals surface area contributed by atoms with E-state index in [1.165, 1.54) is 22.7 Å². The highest BCUT2D eigenvalue weighted by Gasteiger charge is 2.22. The zero-order chi connectivity index (χ0) is 9.54. The number of nitrogens with zero attached hydrogens (tertiary/aromatic N) is 1. The van der Waals surface area contributed by atoms with E-state index in [9.17, 15) is 0 Å². The van der Waals surface area contributed by atoms with Crippen LogP contribution in [0.25, 0.3) is 0 Å². The lowest BCUT2D eigenvalue weighted by Crippen LogP contribution is -2.25. The summed E-state index contributed by atoms with van der Waals surface area (Å²) in [5.74, 6) is 0. The Labute approximate surface area is 83.7 Å². The molecule has 0 atom stereocenters. The van der Waals surface area contributed by atoms with Crippen molar-refractivity contribution >= 4 is 0 Å². The van der Waals surface area contributed by atoms with Gasteiger partial charge in [0.2, 0.25) is 0 Å². The summed E-state index contributed by atoms with van der Waals surface area (Å²) in [5.41, 5.74) is 5.12. The van der Waals surface area contributed by atoms with E-state index in [1.807, 2.05) is 0 Å². The van der Waals surface area contributed by atoms with E-state index in [4.69, 9.17) is 0 Å². The van der Waals surface area contributed by atoms with Crippen molar-refractivity contribution in [1.82, 2.24) is 4.90 Å². The average Bonchev–Trinajstić information content (AvgIpc) is 2.24. The molecule has 68 valence electrons. The van der Waals surface area contributed by atoms with Crippen LogP contribution in [0.1, 0.15) is 6.92 Å². The SMILES string of the molecule is CC1=CC=C2C=CC=C3C=CC=C1N32. The first-order chi connectivity index (χ1) is 6.86. The highest BCUT2D eigenvalue weighted by Crippen LogP contribution is 2.34. The lowest BCUT2D eigenvalue weighted by molar-refractivity contribution is 0.553. The molecule has 1 nitrogen and oxygen atoms in total. The predicted molar refractivity (Wildman–Crippen MR) is 58.1 cm³/mol. The quantitative estimate of drug-likeness (QED) is 0.555. The molecule has 0 aromatic rings. The molecule has 3 heterocycles. The molecule has 0 aliphatic carbocycles. The minimum Gasteiger partial charge on any atom is -0.310 e. The van der Waals surface area contributed by atoms with Crippen LogP contribution in [0.5, 0.6) is 0 Å². The second-order valence-electron chi connectivity index (χ2n) is 3.64. The van der Waals surface area contributed by atoms with E-state index in [0.29, 0.717) is 0 Å². The first-order valence-corrected chi connectivity index (χ1v) is 4.82. The highest BCUT2D eigenvalue weighted by molar-refractivity contribution is 5.54. The Hall–Kier alpha value is -1.76. The molecule has 0 fully saturated rings. The molecule has 0 aromatic carbocycles. The number of hydrogen-bond acceptors (Lipinski definition) is 1. The Bertz CT molecular complexity index is 467. The van der Waals surface area contributed by atoms with Gasteiger partial charge in [0.1, 0.15) is 0 Å². The summed E-state index contributed by atoms with van der Waals surface area (Å²) in [5, 5.41) is 0. The van der Waals surface area contributed by atoms with Crippen LogP contribution in [0.4, 0.5) is 0 Å². The molecule has 3 rings (SSSR count). The second-order valence-corrected chi connectivity index (χ2v) is 3.64. The Morgan fingerprint density at radius 1 is 0.857 bits per heavy atom. The highest BCUT2D eigenvalue weighted by atomic mass is 15.2. The fraction of sp³-hybridized carbons (Fsp3) is 0.0769. The third kappa shape index (κ3) is 0.896. The van der Waals surface area contributed by atoms with Gasteiger partial charge in [-0.2, -0.15) is 0 Å². The summed E-state index contributed by atoms with van der Waals surface area (Å²) in [6.45, 7) is 2.15. The van der Waals surface area contributed by atoms with Crippen LogP contribution < -0.4 is 0 Å². The molecule has 0 saturated carbocycles. The maximum Gasteiger partial charge on any atom is 0.0490 e. The molecule has 0 unspecified atom stereocenters. The predicted octanol–water partition coefficient (Wildman–Crippen LogP) is 3.04. The summed E-state index contributed by atoms with van der Waals surface area (Å²) in [7, 11) is 0. The van der Waals surface area contributed by atoms with Crippen LogP contribution in [0.3, 0.4) is 0 Å². The van der Waals surface area contributed by atoms with Gasteiger partial charge < -0.3 is 4.90 Å². The Morgan fingerprint density at radius 3 is 2.43 bits per heavy atom. The molecule has 3 aliphatic rings. The van der Waals surface area contributed by atoms with Gasteiger partial charge in [0.25, 0.3) is 0 Å². The van der Waals surface area contributed by atoms with Crippen molar-refractivity contribution in [3.63, 3.8) is 0 Å². The van der Waals surface area contributed by atoms with Gasteiger partial charge in [-0.25, -0.2) is 0 Å².